The smallest absolute Gasteiger partial charge is 0.228 e. The molecule has 3 nitrogen and oxygen atoms in total. The van der Waals surface area contributed by atoms with Crippen molar-refractivity contribution in [1.82, 2.24) is 0 Å². The van der Waals surface area contributed by atoms with Gasteiger partial charge in [0, 0.05) is 5.56 Å². The number of Topliss-reactive ketones (excluding diaryl/α,β-unsaturated/α-hetero) is 1. The maximum absolute atomic E-state index is 12.4. The second kappa shape index (κ2) is 9.75. The molecule has 0 heterocycles. The molecule has 2 atom stereocenters. The van der Waals surface area contributed by atoms with Crippen LogP contribution in [0.15, 0.2) is 30.3 Å². The van der Waals surface area contributed by atoms with Crippen molar-refractivity contribution in [3.8, 4) is 0 Å². The predicted molar refractivity (Wildman–Crippen MR) is 89.9 cm³/mol. The van der Waals surface area contributed by atoms with Gasteiger partial charge in [-0.25, -0.2) is 0 Å². The molecule has 1 aromatic rings. The van der Waals surface area contributed by atoms with Crippen molar-refractivity contribution in [1.29, 1.82) is 0 Å². The number of rotatable bonds is 11. The Morgan fingerprint density at radius 2 is 1.77 bits per heavy atom. The molecule has 0 saturated carbocycles. The number of unbranched alkanes of at least 4 members (excludes halogenated alkanes) is 3. The van der Waals surface area contributed by atoms with E-state index in [1.807, 2.05) is 6.07 Å². The van der Waals surface area contributed by atoms with Gasteiger partial charge in [-0.1, -0.05) is 76.3 Å². The molecular weight excluding hydrogens is 276 g/mol. The monoisotopic (exact) mass is 306 g/mol. The van der Waals surface area contributed by atoms with Crippen LogP contribution in [0.1, 0.15) is 76.1 Å². The highest BCUT2D eigenvalue weighted by molar-refractivity contribution is 6.00. The lowest BCUT2D eigenvalue weighted by atomic mass is 10.0. The first kappa shape index (κ1) is 18.9. The van der Waals surface area contributed by atoms with E-state index in [-0.39, 0.29) is 11.9 Å². The Balaban J connectivity index is 2.63. The Labute approximate surface area is 134 Å². The van der Waals surface area contributed by atoms with Crippen LogP contribution in [0.5, 0.6) is 0 Å². The molecule has 3 heteroatoms. The Hall–Kier alpha value is -1.19. The lowest BCUT2D eigenvalue weighted by Gasteiger charge is -2.28. The van der Waals surface area contributed by atoms with Crippen molar-refractivity contribution in [2.45, 2.75) is 77.6 Å². The lowest BCUT2D eigenvalue weighted by molar-refractivity contribution is -0.186. The van der Waals surface area contributed by atoms with Crippen molar-refractivity contribution in [3.63, 3.8) is 0 Å². The molecule has 0 aliphatic heterocycles. The summed E-state index contributed by atoms with van der Waals surface area (Å²) in [5, 5.41) is 10.5. The molecule has 0 saturated heterocycles. The number of carbonyl (C=O) groups is 1. The summed E-state index contributed by atoms with van der Waals surface area (Å²) in [7, 11) is 0. The largest absolute Gasteiger partial charge is 0.359 e. The average Bonchev–Trinajstić information content (AvgIpc) is 2.51. The van der Waals surface area contributed by atoms with Gasteiger partial charge in [0.05, 0.1) is 6.10 Å². The highest BCUT2D eigenvalue weighted by Gasteiger charge is 2.34. The Morgan fingerprint density at radius 1 is 1.09 bits per heavy atom. The molecule has 0 bridgehead atoms. The SMILES string of the molecule is CCCCCCC(CCC)OC(C)(O)C(=O)c1ccccc1. The molecule has 124 valence electrons. The minimum absolute atomic E-state index is 0.0653. The van der Waals surface area contributed by atoms with E-state index in [2.05, 4.69) is 13.8 Å². The molecule has 1 aromatic carbocycles. The second-order valence-electron chi connectivity index (χ2n) is 6.06. The predicted octanol–water partition coefficient (Wildman–Crippen LogP) is 4.73. The van der Waals surface area contributed by atoms with Gasteiger partial charge >= 0.3 is 0 Å². The van der Waals surface area contributed by atoms with E-state index in [1.54, 1.807) is 24.3 Å². The van der Waals surface area contributed by atoms with E-state index in [1.165, 1.54) is 26.2 Å². The van der Waals surface area contributed by atoms with Crippen molar-refractivity contribution in [2.75, 3.05) is 0 Å². The fourth-order valence-corrected chi connectivity index (χ4v) is 2.62. The summed E-state index contributed by atoms with van der Waals surface area (Å²) in [5.74, 6) is -2.13. The van der Waals surface area contributed by atoms with Crippen molar-refractivity contribution >= 4 is 5.78 Å². The lowest BCUT2D eigenvalue weighted by Crippen LogP contribution is -2.41. The van der Waals surface area contributed by atoms with E-state index in [0.29, 0.717) is 5.56 Å². The molecule has 0 aromatic heterocycles. The maximum atomic E-state index is 12.4. The fraction of sp³-hybridized carbons (Fsp3) is 0.632. The summed E-state index contributed by atoms with van der Waals surface area (Å²) in [4.78, 5) is 12.4. The number of aliphatic hydroxyl groups is 1. The van der Waals surface area contributed by atoms with Crippen LogP contribution in [0.25, 0.3) is 0 Å². The highest BCUT2D eigenvalue weighted by Crippen LogP contribution is 2.22. The maximum Gasteiger partial charge on any atom is 0.228 e. The average molecular weight is 306 g/mol. The summed E-state index contributed by atoms with van der Waals surface area (Å²) >= 11 is 0. The molecule has 22 heavy (non-hydrogen) atoms. The molecule has 0 spiro atoms. The van der Waals surface area contributed by atoms with E-state index in [4.69, 9.17) is 4.74 Å². The first-order chi connectivity index (χ1) is 10.5. The number of carbonyl (C=O) groups excluding carboxylic acids is 1. The molecule has 1 N–H and O–H groups in total. The minimum Gasteiger partial charge on any atom is -0.359 e. The molecule has 2 unspecified atom stereocenters. The highest BCUT2D eigenvalue weighted by atomic mass is 16.6. The van der Waals surface area contributed by atoms with Crippen molar-refractivity contribution < 1.29 is 14.6 Å². The third-order valence-corrected chi connectivity index (χ3v) is 3.84. The van der Waals surface area contributed by atoms with Crippen LogP contribution >= 0.6 is 0 Å². The first-order valence-electron chi connectivity index (χ1n) is 8.51. The van der Waals surface area contributed by atoms with Gasteiger partial charge in [0.25, 0.3) is 0 Å². The zero-order valence-corrected chi connectivity index (χ0v) is 14.2. The van der Waals surface area contributed by atoms with Crippen molar-refractivity contribution in [3.05, 3.63) is 35.9 Å². The summed E-state index contributed by atoms with van der Waals surface area (Å²) in [6.07, 6.45) is 7.35. The Morgan fingerprint density at radius 3 is 2.36 bits per heavy atom. The number of hydrogen-bond acceptors (Lipinski definition) is 3. The van der Waals surface area contributed by atoms with E-state index < -0.39 is 5.79 Å². The van der Waals surface area contributed by atoms with Crippen LogP contribution < -0.4 is 0 Å². The van der Waals surface area contributed by atoms with Crippen LogP contribution in [0, 0.1) is 0 Å². The normalized spacial score (nSPS) is 15.3. The summed E-state index contributed by atoms with van der Waals surface area (Å²) in [5.41, 5.74) is 0.480. The molecule has 0 aliphatic rings. The molecule has 1 rings (SSSR count). The summed E-state index contributed by atoms with van der Waals surface area (Å²) in [6.45, 7) is 5.73. The van der Waals surface area contributed by atoms with Crippen LogP contribution in [0.2, 0.25) is 0 Å². The number of ether oxygens (including phenoxy) is 1. The van der Waals surface area contributed by atoms with Crippen LogP contribution in [0.4, 0.5) is 0 Å². The van der Waals surface area contributed by atoms with Gasteiger partial charge in [-0.05, 0) is 19.8 Å². The molecule has 0 aliphatic carbocycles. The van der Waals surface area contributed by atoms with Crippen LogP contribution in [0.3, 0.4) is 0 Å². The van der Waals surface area contributed by atoms with Gasteiger partial charge in [-0.3, -0.25) is 4.79 Å². The van der Waals surface area contributed by atoms with Gasteiger partial charge in [-0.2, -0.15) is 0 Å². The standard InChI is InChI=1S/C19H30O3/c1-4-6-7-11-15-17(12-5-2)22-19(3,21)18(20)16-13-9-8-10-14-16/h8-10,13-14,17,21H,4-7,11-12,15H2,1-3H3. The second-order valence-corrected chi connectivity index (χ2v) is 6.06. The van der Waals surface area contributed by atoms with Crippen LogP contribution in [-0.2, 0) is 4.74 Å². The summed E-state index contributed by atoms with van der Waals surface area (Å²) in [6, 6.07) is 8.83. The van der Waals surface area contributed by atoms with E-state index in [9.17, 15) is 9.90 Å². The third kappa shape index (κ3) is 6.29. The zero-order chi connectivity index (χ0) is 16.4. The van der Waals surface area contributed by atoms with Crippen LogP contribution in [-0.4, -0.2) is 22.8 Å². The first-order valence-corrected chi connectivity index (χ1v) is 8.51. The molecule has 0 amide bonds. The fourth-order valence-electron chi connectivity index (χ4n) is 2.62. The number of ketones is 1. The minimum atomic E-state index is -1.76. The number of benzene rings is 1. The quantitative estimate of drug-likeness (QED) is 0.365. The van der Waals surface area contributed by atoms with Gasteiger partial charge in [0.2, 0.25) is 11.6 Å². The van der Waals surface area contributed by atoms with Gasteiger partial charge in [-0.15, -0.1) is 0 Å². The molecule has 0 fully saturated rings. The van der Waals surface area contributed by atoms with E-state index in [0.717, 1.165) is 25.7 Å². The number of hydrogen-bond donors (Lipinski definition) is 1. The van der Waals surface area contributed by atoms with Gasteiger partial charge < -0.3 is 9.84 Å². The van der Waals surface area contributed by atoms with Gasteiger partial charge in [0.1, 0.15) is 0 Å². The Bertz CT molecular complexity index is 426. The third-order valence-electron chi connectivity index (χ3n) is 3.84. The Kier molecular flexibility index (Phi) is 8.36. The topological polar surface area (TPSA) is 46.5 Å². The molecule has 0 radical (unpaired) electrons. The van der Waals surface area contributed by atoms with Crippen molar-refractivity contribution in [2.24, 2.45) is 0 Å². The molecular formula is C19H30O3. The van der Waals surface area contributed by atoms with E-state index >= 15 is 0 Å². The summed E-state index contributed by atoms with van der Waals surface area (Å²) < 4.78 is 5.78. The van der Waals surface area contributed by atoms with Gasteiger partial charge in [0.15, 0.2) is 0 Å². The zero-order valence-electron chi connectivity index (χ0n) is 14.2.